The van der Waals surface area contributed by atoms with Crippen LogP contribution < -0.4 is 5.32 Å². The summed E-state index contributed by atoms with van der Waals surface area (Å²) in [4.78, 5) is 73.8. The molecule has 4 aromatic rings. The number of likely N-dealkylation sites (tertiary alicyclic amines) is 2. The molecule has 13 nitrogen and oxygen atoms in total. The van der Waals surface area contributed by atoms with Gasteiger partial charge < -0.3 is 34.6 Å². The summed E-state index contributed by atoms with van der Waals surface area (Å²) in [5.74, 6) is 1.61. The van der Waals surface area contributed by atoms with E-state index in [2.05, 4.69) is 45.6 Å². The van der Waals surface area contributed by atoms with Gasteiger partial charge in [-0.05, 0) is 97.4 Å². The molecule has 4 fully saturated rings. The zero-order valence-electron chi connectivity index (χ0n) is 33.6. The van der Waals surface area contributed by atoms with Gasteiger partial charge in [0.25, 0.3) is 0 Å². The van der Waals surface area contributed by atoms with Gasteiger partial charge in [0.2, 0.25) is 11.8 Å². The first-order valence-electron chi connectivity index (χ1n) is 20.7. The van der Waals surface area contributed by atoms with Crippen LogP contribution in [0.1, 0.15) is 101 Å². The lowest BCUT2D eigenvalue weighted by atomic mass is 9.90. The molecule has 2 aliphatic heterocycles. The minimum absolute atomic E-state index is 0.0140. The van der Waals surface area contributed by atoms with Crippen LogP contribution in [0, 0.1) is 29.6 Å². The minimum Gasteiger partial charge on any atom is -0.469 e. The van der Waals surface area contributed by atoms with E-state index in [-0.39, 0.29) is 60.2 Å². The maximum atomic E-state index is 14.1. The number of alkyl carbamates (subject to hydrolysis) is 1. The van der Waals surface area contributed by atoms with E-state index in [0.29, 0.717) is 11.8 Å². The van der Waals surface area contributed by atoms with Crippen molar-refractivity contribution in [1.29, 1.82) is 0 Å². The zero-order valence-corrected chi connectivity index (χ0v) is 33.6. The molecule has 2 saturated heterocycles. The second kappa shape index (κ2) is 14.3. The van der Waals surface area contributed by atoms with Gasteiger partial charge in [-0.2, -0.15) is 0 Å². The van der Waals surface area contributed by atoms with Gasteiger partial charge in [0.05, 0.1) is 55.4 Å². The molecule has 0 spiro atoms. The summed E-state index contributed by atoms with van der Waals surface area (Å²) in [6.07, 6.45) is 5.98. The highest BCUT2D eigenvalue weighted by molar-refractivity contribution is 5.88. The number of nitrogens with zero attached hydrogens (tertiary/aromatic N) is 4. The Morgan fingerprint density at radius 2 is 1.46 bits per heavy atom. The Kier molecular flexibility index (Phi) is 9.39. The maximum Gasteiger partial charge on any atom is 0.407 e. The summed E-state index contributed by atoms with van der Waals surface area (Å²) in [5, 5.41) is 2.76. The van der Waals surface area contributed by atoms with Crippen LogP contribution in [0.5, 0.6) is 0 Å². The largest absolute Gasteiger partial charge is 0.469 e. The third kappa shape index (κ3) is 6.66. The van der Waals surface area contributed by atoms with Crippen molar-refractivity contribution in [3.05, 3.63) is 59.3 Å². The number of imidazole rings is 2. The average Bonchev–Trinajstić information content (AvgIpc) is 3.91. The lowest BCUT2D eigenvalue weighted by Gasteiger charge is -2.31. The summed E-state index contributed by atoms with van der Waals surface area (Å²) in [5.41, 5.74) is 8.39. The predicted molar refractivity (Wildman–Crippen MR) is 212 cm³/mol. The van der Waals surface area contributed by atoms with Crippen molar-refractivity contribution in [2.24, 2.45) is 29.6 Å². The number of amides is 3. The molecule has 57 heavy (non-hydrogen) atoms. The third-order valence-corrected chi connectivity index (χ3v) is 13.3. The molecule has 8 atom stereocenters. The van der Waals surface area contributed by atoms with Gasteiger partial charge in [-0.3, -0.25) is 14.4 Å². The van der Waals surface area contributed by atoms with Gasteiger partial charge in [0, 0.05) is 23.3 Å². The molecular formula is C44H53N7O6. The number of hydrogen-bond donors (Lipinski definition) is 3. The number of piperidine rings is 2. The second-order valence-corrected chi connectivity index (χ2v) is 17.6. The molecule has 9 rings (SSSR count). The molecule has 5 aliphatic rings. The van der Waals surface area contributed by atoms with E-state index >= 15 is 0 Å². The molecule has 0 bridgehead atoms. The van der Waals surface area contributed by atoms with Gasteiger partial charge in [-0.25, -0.2) is 14.8 Å². The average molecular weight is 776 g/mol. The topological polar surface area (TPSA) is 163 Å². The fourth-order valence-corrected chi connectivity index (χ4v) is 9.98. The molecular weight excluding hydrogens is 723 g/mol. The number of benzene rings is 2. The second-order valence-electron chi connectivity index (χ2n) is 17.6. The number of carbonyl (C=O) groups excluding carboxylic acids is 4. The highest BCUT2D eigenvalue weighted by Gasteiger charge is 2.57. The molecule has 300 valence electrons. The van der Waals surface area contributed by atoms with E-state index in [1.807, 2.05) is 43.6 Å². The fraction of sp³-hybridized carbons (Fsp3) is 0.545. The number of esters is 1. The van der Waals surface area contributed by atoms with Gasteiger partial charge in [0.1, 0.15) is 17.7 Å². The van der Waals surface area contributed by atoms with E-state index in [1.165, 1.54) is 19.8 Å². The molecule has 2 aromatic heterocycles. The number of aryl methyl sites for hydroxylation is 2. The highest BCUT2D eigenvalue weighted by Crippen LogP contribution is 2.55. The molecule has 13 heteroatoms. The predicted octanol–water partition coefficient (Wildman–Crippen LogP) is 6.65. The zero-order chi connectivity index (χ0) is 39.9. The van der Waals surface area contributed by atoms with E-state index in [9.17, 15) is 19.2 Å². The van der Waals surface area contributed by atoms with Crippen molar-refractivity contribution >= 4 is 34.9 Å². The highest BCUT2D eigenvalue weighted by atomic mass is 16.5. The molecule has 3 amide bonds. The molecule has 0 unspecified atom stereocenters. The van der Waals surface area contributed by atoms with Crippen LogP contribution in [0.15, 0.2) is 36.4 Å². The van der Waals surface area contributed by atoms with Crippen LogP contribution in [0.25, 0.3) is 33.4 Å². The lowest BCUT2D eigenvalue weighted by molar-refractivity contribution is -0.149. The first-order chi connectivity index (χ1) is 27.4. The van der Waals surface area contributed by atoms with Crippen LogP contribution >= 0.6 is 0 Å². The van der Waals surface area contributed by atoms with E-state index in [1.54, 1.807) is 0 Å². The molecule has 2 saturated carbocycles. The van der Waals surface area contributed by atoms with E-state index in [4.69, 9.17) is 19.4 Å². The number of aromatic amines is 2. The summed E-state index contributed by atoms with van der Waals surface area (Å²) < 4.78 is 9.78. The first kappa shape index (κ1) is 37.4. The van der Waals surface area contributed by atoms with Gasteiger partial charge in [-0.15, -0.1) is 0 Å². The van der Waals surface area contributed by atoms with Crippen LogP contribution in [0.4, 0.5) is 4.79 Å². The fourth-order valence-electron chi connectivity index (χ4n) is 9.98. The number of nitrogens with one attached hydrogen (secondary N) is 3. The quantitative estimate of drug-likeness (QED) is 0.151. The van der Waals surface area contributed by atoms with Crippen molar-refractivity contribution in [2.75, 3.05) is 14.2 Å². The number of methoxy groups -OCH3 is 2. The number of ether oxygens (including phenoxy) is 2. The SMILES string of the molecule is COC(=O)C[C@H](C(=O)N1[C@@H]2C[C@@H]2C[C@H]1c1nc2c([nH]1)CCCc1cc(-c3ccc4nc([C@@H]5C[C@H]6C[C@H]6N5C(=O)[C@@H](NC(=O)OC)C(C)C)[nH]c4c3)ccc1-2)C(C)C. The lowest BCUT2D eigenvalue weighted by Crippen LogP contribution is -2.52. The Morgan fingerprint density at radius 1 is 0.789 bits per heavy atom. The number of aromatic nitrogens is 4. The number of H-pyrrole nitrogens is 2. The molecule has 2 aromatic carbocycles. The van der Waals surface area contributed by atoms with Crippen molar-refractivity contribution < 1.29 is 28.7 Å². The van der Waals surface area contributed by atoms with Crippen LogP contribution in [0.3, 0.4) is 0 Å². The van der Waals surface area contributed by atoms with Gasteiger partial charge >= 0.3 is 12.1 Å². The maximum absolute atomic E-state index is 14.1. The minimum atomic E-state index is -0.679. The molecule has 0 radical (unpaired) electrons. The molecule has 3 aliphatic carbocycles. The number of fused-ring (bicyclic) bond motifs is 6. The van der Waals surface area contributed by atoms with E-state index < -0.39 is 18.1 Å². The van der Waals surface area contributed by atoms with Crippen molar-refractivity contribution in [3.63, 3.8) is 0 Å². The Bertz CT molecular complexity index is 2260. The summed E-state index contributed by atoms with van der Waals surface area (Å²) >= 11 is 0. The van der Waals surface area contributed by atoms with Gasteiger partial charge in [-0.1, -0.05) is 52.0 Å². The van der Waals surface area contributed by atoms with Crippen molar-refractivity contribution in [1.82, 2.24) is 35.1 Å². The first-order valence-corrected chi connectivity index (χ1v) is 20.7. The third-order valence-electron chi connectivity index (χ3n) is 13.3. The summed E-state index contributed by atoms with van der Waals surface area (Å²) in [7, 11) is 2.68. The molecule has 3 N–H and O–H groups in total. The van der Waals surface area contributed by atoms with Crippen LogP contribution in [-0.4, -0.2) is 86.0 Å². The number of carbonyl (C=O) groups is 4. The number of rotatable bonds is 10. The monoisotopic (exact) mass is 775 g/mol. The Labute approximate surface area is 332 Å². The molecule has 4 heterocycles. The summed E-state index contributed by atoms with van der Waals surface area (Å²) in [6, 6.07) is 12.3. The van der Waals surface area contributed by atoms with Gasteiger partial charge in [0.15, 0.2) is 0 Å². The van der Waals surface area contributed by atoms with Crippen molar-refractivity contribution in [3.8, 4) is 22.4 Å². The Balaban J connectivity index is 0.962. The normalized spacial score (nSPS) is 25.3. The van der Waals surface area contributed by atoms with E-state index in [0.717, 1.165) is 95.7 Å². The van der Waals surface area contributed by atoms with Crippen LogP contribution in [-0.2, 0) is 36.7 Å². The standard InChI is InChI=1S/C44H53N7O6/c1-21(2)29(20-37(52)56-5)42(53)50-33-16-26(33)19-36(50)41-46-31-9-7-8-25-14-23(10-12-28(25)39(31)48-41)24-11-13-30-32(15-24)47-40(45-30)35-18-27-17-34(27)51(35)43(54)38(22(3)4)49-44(55)57-6/h10-15,21-22,26-27,29,33-36,38H,7-9,16-20H2,1-6H3,(H,45,47)(H,46,48)(H,49,55)/t26-,27-,29+,33-,34-,35+,36+,38+/m1/s1. The smallest absolute Gasteiger partial charge is 0.407 e. The number of hydrogen-bond acceptors (Lipinski definition) is 8. The van der Waals surface area contributed by atoms with Crippen LogP contribution in [0.2, 0.25) is 0 Å². The Morgan fingerprint density at radius 3 is 2.12 bits per heavy atom. The van der Waals surface area contributed by atoms with Crippen molar-refractivity contribution in [2.45, 2.75) is 109 Å². The Hall–Kier alpha value is -5.20. The summed E-state index contributed by atoms with van der Waals surface area (Å²) in [6.45, 7) is 7.86.